The number of nitrogens with zero attached hydrogens (tertiary/aromatic N) is 2. The molecular weight excluding hydrogens is 296 g/mol. The van der Waals surface area contributed by atoms with Crippen molar-refractivity contribution in [2.24, 2.45) is 0 Å². The lowest BCUT2D eigenvalue weighted by Crippen LogP contribution is -2.39. The molecule has 1 aromatic carbocycles. The Labute approximate surface area is 136 Å². The maximum absolute atomic E-state index is 12.2. The summed E-state index contributed by atoms with van der Waals surface area (Å²) in [6, 6.07) is 9.54. The number of amides is 2. The summed E-state index contributed by atoms with van der Waals surface area (Å²) in [5, 5.41) is 8.86. The first-order chi connectivity index (χ1) is 10.9. The van der Waals surface area contributed by atoms with E-state index in [0.29, 0.717) is 19.5 Å². The van der Waals surface area contributed by atoms with Gasteiger partial charge in [-0.2, -0.15) is 0 Å². The molecule has 0 bridgehead atoms. The molecule has 6 nitrogen and oxygen atoms in total. The Kier molecular flexibility index (Phi) is 7.80. The van der Waals surface area contributed by atoms with Crippen LogP contribution in [0.25, 0.3) is 0 Å². The summed E-state index contributed by atoms with van der Waals surface area (Å²) in [6.45, 7) is 4.18. The van der Waals surface area contributed by atoms with Gasteiger partial charge in [-0.25, -0.2) is 0 Å². The normalized spacial score (nSPS) is 10.2. The van der Waals surface area contributed by atoms with Crippen molar-refractivity contribution in [3.63, 3.8) is 0 Å². The third-order valence-electron chi connectivity index (χ3n) is 3.43. The van der Waals surface area contributed by atoms with E-state index in [1.54, 1.807) is 4.90 Å². The minimum Gasteiger partial charge on any atom is -0.480 e. The molecule has 0 aliphatic rings. The Morgan fingerprint density at radius 1 is 1.04 bits per heavy atom. The summed E-state index contributed by atoms with van der Waals surface area (Å²) >= 11 is 0. The van der Waals surface area contributed by atoms with Crippen LogP contribution < -0.4 is 0 Å². The topological polar surface area (TPSA) is 77.9 Å². The number of rotatable bonds is 9. The molecule has 126 valence electrons. The molecule has 0 fully saturated rings. The van der Waals surface area contributed by atoms with Crippen LogP contribution in [0.3, 0.4) is 0 Å². The smallest absolute Gasteiger partial charge is 0.323 e. The Morgan fingerprint density at radius 2 is 1.70 bits per heavy atom. The molecule has 23 heavy (non-hydrogen) atoms. The van der Waals surface area contributed by atoms with Gasteiger partial charge in [-0.15, -0.1) is 0 Å². The quantitative estimate of drug-likeness (QED) is 0.752. The second-order valence-corrected chi connectivity index (χ2v) is 5.39. The van der Waals surface area contributed by atoms with Crippen LogP contribution in [0.2, 0.25) is 0 Å². The van der Waals surface area contributed by atoms with Gasteiger partial charge in [0.15, 0.2) is 0 Å². The van der Waals surface area contributed by atoms with Crippen molar-refractivity contribution in [2.75, 3.05) is 19.6 Å². The number of carboxylic acids is 1. The number of aliphatic carboxylic acids is 1. The number of carbonyl (C=O) groups is 3. The number of benzene rings is 1. The highest BCUT2D eigenvalue weighted by atomic mass is 16.4. The summed E-state index contributed by atoms with van der Waals surface area (Å²) < 4.78 is 0. The van der Waals surface area contributed by atoms with E-state index >= 15 is 0 Å². The Bertz CT molecular complexity index is 531. The van der Waals surface area contributed by atoms with E-state index in [9.17, 15) is 14.4 Å². The zero-order chi connectivity index (χ0) is 17.2. The Balaban J connectivity index is 2.61. The maximum atomic E-state index is 12.2. The first kappa shape index (κ1) is 18.7. The third kappa shape index (κ3) is 6.95. The summed E-state index contributed by atoms with van der Waals surface area (Å²) in [7, 11) is 0. The van der Waals surface area contributed by atoms with Gasteiger partial charge in [0.1, 0.15) is 6.54 Å². The SMILES string of the molecule is CCCN(CC(=O)O)C(=O)CCN(Cc1ccccc1)C(C)=O. The molecule has 0 heterocycles. The van der Waals surface area contributed by atoms with E-state index < -0.39 is 5.97 Å². The van der Waals surface area contributed by atoms with Gasteiger partial charge in [0, 0.05) is 33.0 Å². The van der Waals surface area contributed by atoms with Gasteiger partial charge in [-0.05, 0) is 12.0 Å². The lowest BCUT2D eigenvalue weighted by Gasteiger charge is -2.24. The molecule has 0 aliphatic heterocycles. The number of carbonyl (C=O) groups excluding carboxylic acids is 2. The standard InChI is InChI=1S/C17H24N2O4/c1-3-10-19(13-17(22)23)16(21)9-11-18(14(2)20)12-15-7-5-4-6-8-15/h4-8H,3,9-13H2,1-2H3,(H,22,23). The summed E-state index contributed by atoms with van der Waals surface area (Å²) in [5.74, 6) is -1.38. The van der Waals surface area contributed by atoms with Crippen LogP contribution in [0.5, 0.6) is 0 Å². The van der Waals surface area contributed by atoms with Crippen molar-refractivity contribution < 1.29 is 19.5 Å². The summed E-state index contributed by atoms with van der Waals surface area (Å²) in [4.78, 5) is 37.6. The Morgan fingerprint density at radius 3 is 2.22 bits per heavy atom. The first-order valence-electron chi connectivity index (χ1n) is 7.73. The van der Waals surface area contributed by atoms with E-state index in [1.165, 1.54) is 11.8 Å². The molecule has 0 saturated heterocycles. The lowest BCUT2D eigenvalue weighted by molar-refractivity contribution is -0.145. The predicted molar refractivity (Wildman–Crippen MR) is 86.7 cm³/mol. The molecule has 0 aromatic heterocycles. The minimum atomic E-state index is -1.03. The number of hydrogen-bond acceptors (Lipinski definition) is 3. The van der Waals surface area contributed by atoms with Gasteiger partial charge in [-0.1, -0.05) is 37.3 Å². The van der Waals surface area contributed by atoms with Crippen molar-refractivity contribution in [1.82, 2.24) is 9.80 Å². The fraction of sp³-hybridized carbons (Fsp3) is 0.471. The monoisotopic (exact) mass is 320 g/mol. The van der Waals surface area contributed by atoms with Crippen LogP contribution in [0.4, 0.5) is 0 Å². The highest BCUT2D eigenvalue weighted by Gasteiger charge is 2.18. The molecule has 1 aromatic rings. The minimum absolute atomic E-state index is 0.109. The van der Waals surface area contributed by atoms with Crippen molar-refractivity contribution in [3.05, 3.63) is 35.9 Å². The molecule has 0 aliphatic carbocycles. The molecule has 0 atom stereocenters. The van der Waals surface area contributed by atoms with Gasteiger partial charge < -0.3 is 14.9 Å². The average molecular weight is 320 g/mol. The van der Waals surface area contributed by atoms with E-state index in [1.807, 2.05) is 37.3 Å². The fourth-order valence-corrected chi connectivity index (χ4v) is 2.27. The second kappa shape index (κ2) is 9.61. The highest BCUT2D eigenvalue weighted by Crippen LogP contribution is 2.07. The predicted octanol–water partition coefficient (Wildman–Crippen LogP) is 1.75. The molecule has 1 N–H and O–H groups in total. The van der Waals surface area contributed by atoms with E-state index in [4.69, 9.17) is 5.11 Å². The average Bonchev–Trinajstić information content (AvgIpc) is 2.51. The van der Waals surface area contributed by atoms with E-state index in [-0.39, 0.29) is 31.3 Å². The molecule has 1 rings (SSSR count). The fourth-order valence-electron chi connectivity index (χ4n) is 2.27. The largest absolute Gasteiger partial charge is 0.480 e. The molecule has 0 unspecified atom stereocenters. The molecule has 0 saturated carbocycles. The summed E-state index contributed by atoms with van der Waals surface area (Å²) in [6.07, 6.45) is 0.819. The van der Waals surface area contributed by atoms with Crippen LogP contribution in [-0.2, 0) is 20.9 Å². The zero-order valence-corrected chi connectivity index (χ0v) is 13.7. The highest BCUT2D eigenvalue weighted by molar-refractivity contribution is 5.82. The van der Waals surface area contributed by atoms with Crippen molar-refractivity contribution in [2.45, 2.75) is 33.2 Å². The molecule has 2 amide bonds. The molecular formula is C17H24N2O4. The lowest BCUT2D eigenvalue weighted by atomic mass is 10.2. The molecule has 6 heteroatoms. The number of carboxylic acid groups (broad SMARTS) is 1. The van der Waals surface area contributed by atoms with Crippen LogP contribution in [0.1, 0.15) is 32.3 Å². The van der Waals surface area contributed by atoms with Crippen LogP contribution >= 0.6 is 0 Å². The van der Waals surface area contributed by atoms with Gasteiger partial charge in [-0.3, -0.25) is 14.4 Å². The third-order valence-corrected chi connectivity index (χ3v) is 3.43. The first-order valence-corrected chi connectivity index (χ1v) is 7.73. The number of hydrogen-bond donors (Lipinski definition) is 1. The second-order valence-electron chi connectivity index (χ2n) is 5.39. The van der Waals surface area contributed by atoms with Gasteiger partial charge in [0.05, 0.1) is 0 Å². The van der Waals surface area contributed by atoms with Crippen LogP contribution in [-0.4, -0.2) is 52.3 Å². The zero-order valence-electron chi connectivity index (χ0n) is 13.7. The Hall–Kier alpha value is -2.37. The molecule has 0 radical (unpaired) electrons. The summed E-state index contributed by atoms with van der Waals surface area (Å²) in [5.41, 5.74) is 0.992. The van der Waals surface area contributed by atoms with Crippen molar-refractivity contribution >= 4 is 17.8 Å². The molecule has 0 spiro atoms. The van der Waals surface area contributed by atoms with Crippen molar-refractivity contribution in [1.29, 1.82) is 0 Å². The maximum Gasteiger partial charge on any atom is 0.323 e. The van der Waals surface area contributed by atoms with E-state index in [2.05, 4.69) is 0 Å². The van der Waals surface area contributed by atoms with Gasteiger partial charge in [0.25, 0.3) is 0 Å². The van der Waals surface area contributed by atoms with Crippen LogP contribution in [0, 0.1) is 0 Å². The van der Waals surface area contributed by atoms with Crippen molar-refractivity contribution in [3.8, 4) is 0 Å². The van der Waals surface area contributed by atoms with Gasteiger partial charge in [0.2, 0.25) is 11.8 Å². The van der Waals surface area contributed by atoms with Gasteiger partial charge >= 0.3 is 5.97 Å². The van der Waals surface area contributed by atoms with E-state index in [0.717, 1.165) is 5.56 Å². The van der Waals surface area contributed by atoms with Crippen LogP contribution in [0.15, 0.2) is 30.3 Å².